The van der Waals surface area contributed by atoms with Crippen molar-refractivity contribution < 1.29 is 4.52 Å². The van der Waals surface area contributed by atoms with E-state index in [0.29, 0.717) is 18.4 Å². The highest BCUT2D eigenvalue weighted by molar-refractivity contribution is 5.87. The minimum Gasteiger partial charge on any atom is -0.368 e. The first kappa shape index (κ1) is 21.4. The lowest BCUT2D eigenvalue weighted by atomic mass is 10.0. The lowest BCUT2D eigenvalue weighted by Crippen LogP contribution is -2.56. The topological polar surface area (TPSA) is 110 Å². The SMILES string of the molecule is CNC1CN(Cc2ccc(Cn3ccc4nc(N)nc(NCc5cc(C)on5)c43)c(C)c2)C1. The molecule has 4 N–H and O–H groups in total. The van der Waals surface area contributed by atoms with Gasteiger partial charge in [-0.15, -0.1) is 0 Å². The fourth-order valence-corrected chi connectivity index (χ4v) is 4.41. The van der Waals surface area contributed by atoms with Crippen LogP contribution in [0.4, 0.5) is 11.8 Å². The molecule has 0 aliphatic carbocycles. The number of nitrogens with zero attached hydrogens (tertiary/aromatic N) is 5. The van der Waals surface area contributed by atoms with E-state index >= 15 is 0 Å². The Morgan fingerprint density at radius 2 is 1.97 bits per heavy atom. The van der Waals surface area contributed by atoms with Gasteiger partial charge in [-0.1, -0.05) is 23.4 Å². The van der Waals surface area contributed by atoms with Gasteiger partial charge in [0.1, 0.15) is 17.0 Å². The Kier molecular flexibility index (Phi) is 5.74. The average molecular weight is 447 g/mol. The summed E-state index contributed by atoms with van der Waals surface area (Å²) >= 11 is 0. The molecule has 0 bridgehead atoms. The van der Waals surface area contributed by atoms with Crippen molar-refractivity contribution in [1.29, 1.82) is 0 Å². The number of anilines is 2. The number of fused-ring (bicyclic) bond motifs is 1. The van der Waals surface area contributed by atoms with E-state index in [4.69, 9.17) is 10.3 Å². The Morgan fingerprint density at radius 3 is 2.70 bits per heavy atom. The van der Waals surface area contributed by atoms with E-state index in [9.17, 15) is 0 Å². The number of nitrogens with one attached hydrogen (secondary N) is 2. The first-order chi connectivity index (χ1) is 16.0. The minimum absolute atomic E-state index is 0.242. The summed E-state index contributed by atoms with van der Waals surface area (Å²) in [4.78, 5) is 11.3. The third-order valence-electron chi connectivity index (χ3n) is 6.26. The van der Waals surface area contributed by atoms with Crippen LogP contribution in [0.25, 0.3) is 11.0 Å². The van der Waals surface area contributed by atoms with Crippen LogP contribution in [0.1, 0.15) is 28.1 Å². The normalized spacial score (nSPS) is 14.6. The molecule has 0 saturated carbocycles. The molecule has 0 radical (unpaired) electrons. The quantitative estimate of drug-likeness (QED) is 0.379. The van der Waals surface area contributed by atoms with Gasteiger partial charge < -0.3 is 25.5 Å². The fraction of sp³-hybridized carbons (Fsp3) is 0.375. The Hall–Kier alpha value is -3.43. The number of nitrogen functional groups attached to an aromatic ring is 1. The minimum atomic E-state index is 0.242. The van der Waals surface area contributed by atoms with Crippen LogP contribution in [0.3, 0.4) is 0 Å². The van der Waals surface area contributed by atoms with Crippen LogP contribution in [0.2, 0.25) is 0 Å². The molecule has 172 valence electrons. The Morgan fingerprint density at radius 1 is 1.12 bits per heavy atom. The van der Waals surface area contributed by atoms with Gasteiger partial charge in [0, 0.05) is 44.5 Å². The highest BCUT2D eigenvalue weighted by Gasteiger charge is 2.24. The van der Waals surface area contributed by atoms with Crippen LogP contribution < -0.4 is 16.4 Å². The predicted molar refractivity (Wildman–Crippen MR) is 129 cm³/mol. The van der Waals surface area contributed by atoms with E-state index in [1.807, 2.05) is 32.3 Å². The first-order valence-corrected chi connectivity index (χ1v) is 11.2. The first-order valence-electron chi connectivity index (χ1n) is 11.2. The van der Waals surface area contributed by atoms with Gasteiger partial charge in [-0.05, 0) is 43.7 Å². The molecule has 4 heterocycles. The fourth-order valence-electron chi connectivity index (χ4n) is 4.41. The molecular weight excluding hydrogens is 416 g/mol. The zero-order valence-electron chi connectivity index (χ0n) is 19.3. The number of hydrogen-bond acceptors (Lipinski definition) is 8. The molecule has 9 nitrogen and oxygen atoms in total. The molecule has 9 heteroatoms. The molecule has 5 rings (SSSR count). The smallest absolute Gasteiger partial charge is 0.222 e. The summed E-state index contributed by atoms with van der Waals surface area (Å²) in [6.45, 7) is 8.49. The number of likely N-dealkylation sites (N-methyl/N-ethyl adjacent to an activating group) is 1. The van der Waals surface area contributed by atoms with Gasteiger partial charge in [0.2, 0.25) is 5.95 Å². The summed E-state index contributed by atoms with van der Waals surface area (Å²) < 4.78 is 7.33. The van der Waals surface area contributed by atoms with Gasteiger partial charge in [0.25, 0.3) is 0 Å². The van der Waals surface area contributed by atoms with Crippen molar-refractivity contribution in [2.24, 2.45) is 0 Å². The molecule has 4 aromatic rings. The molecular formula is C24H30N8O. The summed E-state index contributed by atoms with van der Waals surface area (Å²) in [6.07, 6.45) is 2.04. The molecule has 3 aromatic heterocycles. The molecule has 1 aliphatic rings. The van der Waals surface area contributed by atoms with E-state index in [0.717, 1.165) is 48.7 Å². The summed E-state index contributed by atoms with van der Waals surface area (Å²) in [5.74, 6) is 1.71. The number of aryl methyl sites for hydroxylation is 2. The summed E-state index contributed by atoms with van der Waals surface area (Å²) in [7, 11) is 2.03. The van der Waals surface area contributed by atoms with Crippen LogP contribution in [0.15, 0.2) is 41.1 Å². The van der Waals surface area contributed by atoms with Crippen molar-refractivity contribution in [2.75, 3.05) is 31.2 Å². The third kappa shape index (κ3) is 4.55. The summed E-state index contributed by atoms with van der Waals surface area (Å²) in [6, 6.07) is 11.3. The largest absolute Gasteiger partial charge is 0.368 e. The molecule has 1 fully saturated rings. The van der Waals surface area contributed by atoms with Crippen molar-refractivity contribution >= 4 is 22.8 Å². The monoisotopic (exact) mass is 446 g/mol. The van der Waals surface area contributed by atoms with Crippen molar-refractivity contribution in [3.8, 4) is 0 Å². The highest BCUT2D eigenvalue weighted by atomic mass is 16.5. The maximum absolute atomic E-state index is 5.96. The van der Waals surface area contributed by atoms with Crippen molar-refractivity contribution in [3.63, 3.8) is 0 Å². The lowest BCUT2D eigenvalue weighted by molar-refractivity contribution is 0.124. The van der Waals surface area contributed by atoms with Crippen LogP contribution in [-0.4, -0.2) is 50.8 Å². The second kappa shape index (κ2) is 8.84. The molecule has 0 spiro atoms. The average Bonchev–Trinajstić information content (AvgIpc) is 3.36. The molecule has 0 amide bonds. The van der Waals surface area contributed by atoms with Crippen molar-refractivity contribution in [3.05, 3.63) is 64.7 Å². The van der Waals surface area contributed by atoms with E-state index in [-0.39, 0.29) is 5.95 Å². The van der Waals surface area contributed by atoms with Crippen LogP contribution in [0, 0.1) is 13.8 Å². The zero-order chi connectivity index (χ0) is 22.9. The second-order valence-corrected chi connectivity index (χ2v) is 8.83. The number of benzene rings is 1. The highest BCUT2D eigenvalue weighted by Crippen LogP contribution is 2.25. The van der Waals surface area contributed by atoms with Gasteiger partial charge in [-0.2, -0.15) is 4.98 Å². The summed E-state index contributed by atoms with van der Waals surface area (Å²) in [5.41, 5.74) is 12.4. The number of rotatable bonds is 8. The third-order valence-corrected chi connectivity index (χ3v) is 6.26. The molecule has 33 heavy (non-hydrogen) atoms. The van der Waals surface area contributed by atoms with Crippen LogP contribution in [-0.2, 0) is 19.6 Å². The van der Waals surface area contributed by atoms with Crippen molar-refractivity contribution in [1.82, 2.24) is 29.9 Å². The maximum atomic E-state index is 5.96. The molecule has 1 saturated heterocycles. The van der Waals surface area contributed by atoms with E-state index < -0.39 is 0 Å². The number of hydrogen-bond donors (Lipinski definition) is 3. The van der Waals surface area contributed by atoms with Crippen LogP contribution in [0.5, 0.6) is 0 Å². The molecule has 0 atom stereocenters. The van der Waals surface area contributed by atoms with Gasteiger partial charge >= 0.3 is 0 Å². The van der Waals surface area contributed by atoms with Crippen LogP contribution >= 0.6 is 0 Å². The van der Waals surface area contributed by atoms with Gasteiger partial charge in [-0.3, -0.25) is 4.90 Å². The summed E-state index contributed by atoms with van der Waals surface area (Å²) in [5, 5.41) is 10.7. The predicted octanol–water partition coefficient (Wildman–Crippen LogP) is 2.68. The number of aromatic nitrogens is 4. The van der Waals surface area contributed by atoms with Gasteiger partial charge in [0.05, 0.1) is 12.1 Å². The standard InChI is InChI=1S/C24H30N8O/c1-15-8-17(11-31-13-20(14-31)26-3)4-5-18(15)12-32-7-6-21-22(32)23(29-24(25)28-21)27-10-19-9-16(2)33-30-19/h4-9,20,26H,10-14H2,1-3H3,(H3,25,27,28,29). The Balaban J connectivity index is 1.35. The molecule has 1 aliphatic heterocycles. The number of likely N-dealkylation sites (tertiary alicyclic amines) is 1. The molecule has 0 unspecified atom stereocenters. The Labute approximate surface area is 193 Å². The maximum Gasteiger partial charge on any atom is 0.222 e. The zero-order valence-corrected chi connectivity index (χ0v) is 19.3. The van der Waals surface area contributed by atoms with Gasteiger partial charge in [-0.25, -0.2) is 4.98 Å². The molecule has 1 aromatic carbocycles. The van der Waals surface area contributed by atoms with E-state index in [1.54, 1.807) is 0 Å². The number of nitrogens with two attached hydrogens (primary N) is 1. The van der Waals surface area contributed by atoms with Crippen molar-refractivity contribution in [2.45, 2.75) is 39.5 Å². The lowest BCUT2D eigenvalue weighted by Gasteiger charge is -2.39. The van der Waals surface area contributed by atoms with E-state index in [2.05, 4.69) is 60.3 Å². The Bertz CT molecular complexity index is 1270. The van der Waals surface area contributed by atoms with Gasteiger partial charge in [0.15, 0.2) is 5.82 Å². The second-order valence-electron chi connectivity index (χ2n) is 8.83. The van der Waals surface area contributed by atoms with E-state index in [1.165, 1.54) is 16.7 Å².